The summed E-state index contributed by atoms with van der Waals surface area (Å²) >= 11 is 4.92. The van der Waals surface area contributed by atoms with E-state index in [0.29, 0.717) is 28.6 Å². The van der Waals surface area contributed by atoms with Crippen LogP contribution in [0.15, 0.2) is 16.9 Å². The maximum absolute atomic E-state index is 12.5. The van der Waals surface area contributed by atoms with Crippen molar-refractivity contribution in [3.63, 3.8) is 0 Å². The molecule has 0 aromatic carbocycles. The van der Waals surface area contributed by atoms with Crippen LogP contribution in [-0.2, 0) is 6.54 Å². The zero-order chi connectivity index (χ0) is 14.0. The lowest BCUT2D eigenvalue weighted by atomic mass is 10.1. The molecule has 0 radical (unpaired) electrons. The summed E-state index contributed by atoms with van der Waals surface area (Å²) in [4.78, 5) is 16.7. The van der Waals surface area contributed by atoms with Crippen molar-refractivity contribution < 1.29 is 0 Å². The number of nitrogens with zero attached hydrogens (tertiary/aromatic N) is 2. The maximum atomic E-state index is 12.5. The molecule has 0 fully saturated rings. The highest BCUT2D eigenvalue weighted by Crippen LogP contribution is 2.16. The molecule has 2 N–H and O–H groups in total. The summed E-state index contributed by atoms with van der Waals surface area (Å²) < 4.78 is 2.18. The van der Waals surface area contributed by atoms with Gasteiger partial charge < -0.3 is 4.57 Å². The molecule has 2 aromatic rings. The zero-order valence-electron chi connectivity index (χ0n) is 11.4. The summed E-state index contributed by atoms with van der Waals surface area (Å²) in [6, 6.07) is 3.80. The first-order valence-corrected chi connectivity index (χ1v) is 6.84. The first-order chi connectivity index (χ1) is 9.04. The second-order valence-corrected chi connectivity index (χ2v) is 5.19. The van der Waals surface area contributed by atoms with E-state index in [4.69, 9.17) is 12.2 Å². The van der Waals surface area contributed by atoms with Crippen molar-refractivity contribution in [3.8, 4) is 11.4 Å². The molecule has 0 saturated carbocycles. The van der Waals surface area contributed by atoms with Gasteiger partial charge in [0.05, 0.1) is 5.56 Å². The molecule has 5 nitrogen and oxygen atoms in total. The van der Waals surface area contributed by atoms with E-state index in [-0.39, 0.29) is 5.56 Å². The van der Waals surface area contributed by atoms with Gasteiger partial charge in [0.2, 0.25) is 4.77 Å². The van der Waals surface area contributed by atoms with E-state index in [1.54, 1.807) is 0 Å². The van der Waals surface area contributed by atoms with Crippen LogP contribution in [0.1, 0.15) is 38.8 Å². The van der Waals surface area contributed by atoms with Crippen molar-refractivity contribution in [2.45, 2.75) is 39.7 Å². The van der Waals surface area contributed by atoms with E-state index in [9.17, 15) is 4.79 Å². The molecule has 0 atom stereocenters. The Hall–Kier alpha value is -1.69. The Labute approximate surface area is 116 Å². The number of aromatic amines is 2. The zero-order valence-corrected chi connectivity index (χ0v) is 12.2. The maximum Gasteiger partial charge on any atom is 0.261 e. The lowest BCUT2D eigenvalue weighted by molar-refractivity contribution is 0.597. The van der Waals surface area contributed by atoms with Crippen molar-refractivity contribution in [2.75, 3.05) is 0 Å². The SMILES string of the molecule is CCCn1c(C(C)C)ccc(-c2nc(=S)[nH][nH]2)c1=O. The minimum Gasteiger partial charge on any atom is -0.312 e. The van der Waals surface area contributed by atoms with Crippen LogP contribution in [0.4, 0.5) is 0 Å². The smallest absolute Gasteiger partial charge is 0.261 e. The van der Waals surface area contributed by atoms with Crippen molar-refractivity contribution in [1.29, 1.82) is 0 Å². The monoisotopic (exact) mass is 278 g/mol. The second-order valence-electron chi connectivity index (χ2n) is 4.80. The fraction of sp³-hybridized carbons (Fsp3) is 0.462. The molecule has 0 aliphatic heterocycles. The Morgan fingerprint density at radius 1 is 1.37 bits per heavy atom. The van der Waals surface area contributed by atoms with Gasteiger partial charge in [-0.05, 0) is 36.7 Å². The highest BCUT2D eigenvalue weighted by molar-refractivity contribution is 7.71. The van der Waals surface area contributed by atoms with Crippen molar-refractivity contribution in [1.82, 2.24) is 19.7 Å². The average Bonchev–Trinajstić information content (AvgIpc) is 2.78. The quantitative estimate of drug-likeness (QED) is 0.845. The van der Waals surface area contributed by atoms with Crippen LogP contribution >= 0.6 is 12.2 Å². The van der Waals surface area contributed by atoms with E-state index in [1.807, 2.05) is 16.7 Å². The topological polar surface area (TPSA) is 66.5 Å². The molecule has 102 valence electrons. The standard InChI is InChI=1S/C13H18N4OS/c1-4-7-17-10(8(2)3)6-5-9(12(17)18)11-14-13(19)16-15-11/h5-6,8H,4,7H2,1-3H3,(H2,14,15,16,19). The summed E-state index contributed by atoms with van der Waals surface area (Å²) in [5.41, 5.74) is 1.57. The molecule has 2 rings (SSSR count). The Kier molecular flexibility index (Phi) is 3.99. The molecule has 0 bridgehead atoms. The third-order valence-electron chi connectivity index (χ3n) is 3.00. The van der Waals surface area contributed by atoms with Crippen LogP contribution in [0.5, 0.6) is 0 Å². The first-order valence-electron chi connectivity index (χ1n) is 6.43. The number of nitrogens with one attached hydrogen (secondary N) is 2. The van der Waals surface area contributed by atoms with Crippen LogP contribution in [-0.4, -0.2) is 19.7 Å². The van der Waals surface area contributed by atoms with Gasteiger partial charge >= 0.3 is 0 Å². The highest BCUT2D eigenvalue weighted by atomic mass is 32.1. The van der Waals surface area contributed by atoms with Crippen molar-refractivity contribution in [2.24, 2.45) is 0 Å². The Morgan fingerprint density at radius 3 is 2.63 bits per heavy atom. The van der Waals surface area contributed by atoms with Gasteiger partial charge in [0.1, 0.15) is 0 Å². The van der Waals surface area contributed by atoms with E-state index < -0.39 is 0 Å². The fourth-order valence-corrected chi connectivity index (χ4v) is 2.27. The van der Waals surface area contributed by atoms with Gasteiger partial charge in [0.25, 0.3) is 5.56 Å². The molecule has 0 saturated heterocycles. The van der Waals surface area contributed by atoms with Crippen LogP contribution in [0, 0.1) is 4.77 Å². The summed E-state index contributed by atoms with van der Waals surface area (Å²) in [5, 5.41) is 5.54. The molecule has 2 aromatic heterocycles. The number of pyridine rings is 1. The van der Waals surface area contributed by atoms with E-state index >= 15 is 0 Å². The largest absolute Gasteiger partial charge is 0.312 e. The van der Waals surface area contributed by atoms with Crippen molar-refractivity contribution in [3.05, 3.63) is 33.0 Å². The number of rotatable bonds is 4. The minimum absolute atomic E-state index is 0.0224. The molecule has 0 spiro atoms. The van der Waals surface area contributed by atoms with E-state index in [1.165, 1.54) is 0 Å². The lowest BCUT2D eigenvalue weighted by Crippen LogP contribution is -2.25. The molecule has 0 aliphatic rings. The molecule has 19 heavy (non-hydrogen) atoms. The molecule has 0 amide bonds. The Balaban J connectivity index is 2.62. The molecule has 2 heterocycles. The molecule has 0 aliphatic carbocycles. The van der Waals surface area contributed by atoms with Gasteiger partial charge in [-0.25, -0.2) is 0 Å². The number of aromatic nitrogens is 4. The van der Waals surface area contributed by atoms with E-state index in [0.717, 1.165) is 12.1 Å². The lowest BCUT2D eigenvalue weighted by Gasteiger charge is -2.15. The second kappa shape index (κ2) is 5.52. The van der Waals surface area contributed by atoms with Gasteiger partial charge in [0, 0.05) is 12.2 Å². The molecular weight excluding hydrogens is 260 g/mol. The Bertz CT molecular complexity index is 680. The molecule has 6 heteroatoms. The third kappa shape index (κ3) is 2.68. The number of hydrogen-bond donors (Lipinski definition) is 2. The fourth-order valence-electron chi connectivity index (χ4n) is 2.13. The van der Waals surface area contributed by atoms with Crippen LogP contribution < -0.4 is 5.56 Å². The normalized spacial score (nSPS) is 11.2. The summed E-state index contributed by atoms with van der Waals surface area (Å²) in [7, 11) is 0. The van der Waals surface area contributed by atoms with Crippen molar-refractivity contribution >= 4 is 12.2 Å². The van der Waals surface area contributed by atoms with Gasteiger partial charge in [-0.3, -0.25) is 15.0 Å². The molecule has 0 unspecified atom stereocenters. The van der Waals surface area contributed by atoms with Crippen LogP contribution in [0.25, 0.3) is 11.4 Å². The predicted octanol–water partition coefficient (Wildman–Crippen LogP) is 2.83. The Morgan fingerprint density at radius 2 is 2.11 bits per heavy atom. The number of H-pyrrole nitrogens is 2. The highest BCUT2D eigenvalue weighted by Gasteiger charge is 2.13. The minimum atomic E-state index is -0.0224. The first kappa shape index (κ1) is 13.7. The predicted molar refractivity (Wildman–Crippen MR) is 77.8 cm³/mol. The third-order valence-corrected chi connectivity index (χ3v) is 3.20. The van der Waals surface area contributed by atoms with Crippen LogP contribution in [0.3, 0.4) is 0 Å². The molecular formula is C13H18N4OS. The van der Waals surface area contributed by atoms with Gasteiger partial charge in [-0.1, -0.05) is 20.8 Å². The van der Waals surface area contributed by atoms with Gasteiger partial charge in [-0.2, -0.15) is 4.98 Å². The van der Waals surface area contributed by atoms with E-state index in [2.05, 4.69) is 36.0 Å². The average molecular weight is 278 g/mol. The number of hydrogen-bond acceptors (Lipinski definition) is 3. The van der Waals surface area contributed by atoms with Crippen LogP contribution in [0.2, 0.25) is 0 Å². The van der Waals surface area contributed by atoms with Gasteiger partial charge in [-0.15, -0.1) is 0 Å². The summed E-state index contributed by atoms with van der Waals surface area (Å²) in [5.74, 6) is 0.807. The summed E-state index contributed by atoms with van der Waals surface area (Å²) in [6.45, 7) is 6.95. The summed E-state index contributed by atoms with van der Waals surface area (Å²) in [6.07, 6.45) is 0.916. The van der Waals surface area contributed by atoms with Gasteiger partial charge in [0.15, 0.2) is 5.82 Å².